The number of methoxy groups -OCH3 is 3. The first-order valence-electron chi connectivity index (χ1n) is 11.9. The van der Waals surface area contributed by atoms with Crippen LogP contribution in [0.2, 0.25) is 0 Å². The maximum atomic E-state index is 5.32. The number of hydrogen-bond donors (Lipinski definition) is 0. The maximum Gasteiger partial charge on any atom is 0.282 e. The lowest BCUT2D eigenvalue weighted by molar-refractivity contribution is -0.355. The largest absolute Gasteiger partial charge is 0.331 e. The molecule has 0 aromatic rings. The maximum absolute atomic E-state index is 5.32. The first kappa shape index (κ1) is 26.9. The van der Waals surface area contributed by atoms with Gasteiger partial charge in [-0.2, -0.15) is 0 Å². The first-order chi connectivity index (χ1) is 13.2. The molecule has 3 nitrogen and oxygen atoms in total. The fraction of sp³-hybridized carbons (Fsp3) is 1.00. The van der Waals surface area contributed by atoms with E-state index in [-0.39, 0.29) is 0 Å². The van der Waals surface area contributed by atoms with E-state index >= 15 is 0 Å². The molecule has 0 spiro atoms. The highest BCUT2D eigenvalue weighted by Crippen LogP contribution is 2.21. The van der Waals surface area contributed by atoms with Gasteiger partial charge < -0.3 is 14.2 Å². The molecule has 27 heavy (non-hydrogen) atoms. The minimum Gasteiger partial charge on any atom is -0.331 e. The lowest BCUT2D eigenvalue weighted by Gasteiger charge is -2.28. The molecule has 0 fully saturated rings. The Kier molecular flexibility index (Phi) is 20.5. The molecule has 0 saturated carbocycles. The average Bonchev–Trinajstić information content (AvgIpc) is 2.70. The van der Waals surface area contributed by atoms with Crippen LogP contribution in [0.15, 0.2) is 0 Å². The molecular formula is C24H50O3. The molecule has 0 bridgehead atoms. The summed E-state index contributed by atoms with van der Waals surface area (Å²) in [6.45, 7) is 2.29. The van der Waals surface area contributed by atoms with E-state index in [1.807, 2.05) is 0 Å². The Labute approximate surface area is 170 Å². The third-order valence-corrected chi connectivity index (χ3v) is 5.77. The van der Waals surface area contributed by atoms with Crippen molar-refractivity contribution in [3.63, 3.8) is 0 Å². The molecule has 0 N–H and O–H groups in total. The first-order valence-corrected chi connectivity index (χ1v) is 11.9. The second kappa shape index (κ2) is 20.6. The van der Waals surface area contributed by atoms with Crippen LogP contribution in [0.25, 0.3) is 0 Å². The third-order valence-electron chi connectivity index (χ3n) is 5.77. The van der Waals surface area contributed by atoms with Gasteiger partial charge in [-0.25, -0.2) is 0 Å². The van der Waals surface area contributed by atoms with Crippen molar-refractivity contribution in [2.75, 3.05) is 21.3 Å². The Morgan fingerprint density at radius 2 is 0.667 bits per heavy atom. The zero-order valence-electron chi connectivity index (χ0n) is 19.2. The summed E-state index contributed by atoms with van der Waals surface area (Å²) in [7, 11) is 4.92. The van der Waals surface area contributed by atoms with Gasteiger partial charge in [0.2, 0.25) is 0 Å². The van der Waals surface area contributed by atoms with Crippen LogP contribution < -0.4 is 0 Å². The standard InChI is InChI=1S/C24H50O3/c1-5-6-7-8-9-10-11-12-13-14-15-16-17-18-19-20-21-22-23-24(25-2,26-3)27-4/h5-23H2,1-4H3. The van der Waals surface area contributed by atoms with Crippen molar-refractivity contribution in [3.05, 3.63) is 0 Å². The predicted octanol–water partition coefficient (Wildman–Crippen LogP) is 8.01. The Morgan fingerprint density at radius 3 is 0.926 bits per heavy atom. The average molecular weight is 387 g/mol. The number of rotatable bonds is 22. The lowest BCUT2D eigenvalue weighted by Crippen LogP contribution is -2.35. The summed E-state index contributed by atoms with van der Waals surface area (Å²) >= 11 is 0. The van der Waals surface area contributed by atoms with Crippen LogP contribution in [-0.4, -0.2) is 27.3 Å². The highest BCUT2D eigenvalue weighted by Gasteiger charge is 2.28. The Hall–Kier alpha value is -0.120. The molecule has 0 amide bonds. The van der Waals surface area contributed by atoms with Gasteiger partial charge in [0.25, 0.3) is 5.97 Å². The van der Waals surface area contributed by atoms with Crippen molar-refractivity contribution in [2.45, 2.75) is 135 Å². The van der Waals surface area contributed by atoms with Crippen molar-refractivity contribution in [3.8, 4) is 0 Å². The van der Waals surface area contributed by atoms with Gasteiger partial charge in [0.05, 0.1) is 0 Å². The van der Waals surface area contributed by atoms with E-state index in [2.05, 4.69) is 6.92 Å². The molecular weight excluding hydrogens is 336 g/mol. The van der Waals surface area contributed by atoms with E-state index < -0.39 is 5.97 Å². The molecule has 0 saturated heterocycles. The molecule has 164 valence electrons. The van der Waals surface area contributed by atoms with Gasteiger partial charge in [-0.1, -0.05) is 116 Å². The normalized spacial score (nSPS) is 12.0. The van der Waals surface area contributed by atoms with Crippen LogP contribution in [0, 0.1) is 0 Å². The van der Waals surface area contributed by atoms with E-state index in [4.69, 9.17) is 14.2 Å². The van der Waals surface area contributed by atoms with E-state index in [0.29, 0.717) is 0 Å². The van der Waals surface area contributed by atoms with Gasteiger partial charge in [0.1, 0.15) is 0 Å². The lowest BCUT2D eigenvalue weighted by atomic mass is 10.0. The second-order valence-corrected chi connectivity index (χ2v) is 8.06. The number of unbranched alkanes of at least 4 members (excludes halogenated alkanes) is 17. The SMILES string of the molecule is CCCCCCCCCCCCCCCCCCCCC(OC)(OC)OC. The smallest absolute Gasteiger partial charge is 0.282 e. The number of hydrogen-bond acceptors (Lipinski definition) is 3. The molecule has 0 rings (SSSR count). The molecule has 0 radical (unpaired) electrons. The summed E-state index contributed by atoms with van der Waals surface area (Å²) in [4.78, 5) is 0. The fourth-order valence-electron chi connectivity index (χ4n) is 3.80. The summed E-state index contributed by atoms with van der Waals surface area (Å²) in [5, 5.41) is 0. The monoisotopic (exact) mass is 386 g/mol. The quantitative estimate of drug-likeness (QED) is 0.139. The Bertz CT molecular complexity index is 269. The molecule has 3 heteroatoms. The van der Waals surface area contributed by atoms with Crippen molar-refractivity contribution in [1.29, 1.82) is 0 Å². The van der Waals surface area contributed by atoms with Crippen molar-refractivity contribution >= 4 is 0 Å². The van der Waals surface area contributed by atoms with Crippen LogP contribution in [0.5, 0.6) is 0 Å². The number of ether oxygens (including phenoxy) is 3. The van der Waals surface area contributed by atoms with Gasteiger partial charge in [-0.3, -0.25) is 0 Å². The summed E-state index contributed by atoms with van der Waals surface area (Å²) in [5.41, 5.74) is 0. The van der Waals surface area contributed by atoms with Gasteiger partial charge in [-0.15, -0.1) is 0 Å². The van der Waals surface area contributed by atoms with E-state index in [0.717, 1.165) is 12.8 Å². The Morgan fingerprint density at radius 1 is 0.407 bits per heavy atom. The molecule has 0 atom stereocenters. The zero-order chi connectivity index (χ0) is 20.1. The van der Waals surface area contributed by atoms with Crippen LogP contribution in [-0.2, 0) is 14.2 Å². The second-order valence-electron chi connectivity index (χ2n) is 8.06. The predicted molar refractivity (Wildman–Crippen MR) is 117 cm³/mol. The minimum atomic E-state index is -0.838. The van der Waals surface area contributed by atoms with Crippen molar-refractivity contribution in [1.82, 2.24) is 0 Å². The molecule has 0 heterocycles. The molecule has 0 unspecified atom stereocenters. The molecule has 0 aliphatic carbocycles. The summed E-state index contributed by atoms with van der Waals surface area (Å²) in [6.07, 6.45) is 25.9. The van der Waals surface area contributed by atoms with Crippen LogP contribution in [0.1, 0.15) is 129 Å². The topological polar surface area (TPSA) is 27.7 Å². The van der Waals surface area contributed by atoms with Crippen LogP contribution >= 0.6 is 0 Å². The minimum absolute atomic E-state index is 0.801. The van der Waals surface area contributed by atoms with Crippen LogP contribution in [0.4, 0.5) is 0 Å². The zero-order valence-corrected chi connectivity index (χ0v) is 19.2. The van der Waals surface area contributed by atoms with Crippen LogP contribution in [0.3, 0.4) is 0 Å². The Balaban J connectivity index is 3.19. The van der Waals surface area contributed by atoms with Gasteiger partial charge in [-0.05, 0) is 6.42 Å². The highest BCUT2D eigenvalue weighted by molar-refractivity contribution is 4.57. The van der Waals surface area contributed by atoms with E-state index in [1.54, 1.807) is 21.3 Å². The molecule has 0 aromatic carbocycles. The fourth-order valence-corrected chi connectivity index (χ4v) is 3.80. The van der Waals surface area contributed by atoms with E-state index in [9.17, 15) is 0 Å². The molecule has 0 aliphatic heterocycles. The van der Waals surface area contributed by atoms with Crippen molar-refractivity contribution < 1.29 is 14.2 Å². The van der Waals surface area contributed by atoms with Crippen molar-refractivity contribution in [2.24, 2.45) is 0 Å². The summed E-state index contributed by atoms with van der Waals surface area (Å²) in [6, 6.07) is 0. The van der Waals surface area contributed by atoms with Gasteiger partial charge >= 0.3 is 0 Å². The summed E-state index contributed by atoms with van der Waals surface area (Å²) < 4.78 is 16.0. The van der Waals surface area contributed by atoms with Gasteiger partial charge in [0.15, 0.2) is 0 Å². The molecule has 0 aromatic heterocycles. The van der Waals surface area contributed by atoms with E-state index in [1.165, 1.54) is 109 Å². The molecule has 0 aliphatic rings. The van der Waals surface area contributed by atoms with Gasteiger partial charge in [0, 0.05) is 27.8 Å². The summed E-state index contributed by atoms with van der Waals surface area (Å²) in [5.74, 6) is -0.838. The third kappa shape index (κ3) is 16.5. The highest BCUT2D eigenvalue weighted by atomic mass is 16.9.